The van der Waals surface area contributed by atoms with Gasteiger partial charge in [0.25, 0.3) is 0 Å². The second-order valence-corrected chi connectivity index (χ2v) is 3.38. The number of hydrogen-bond donors (Lipinski definition) is 1. The molecule has 0 aromatic heterocycles. The van der Waals surface area contributed by atoms with E-state index in [0.717, 1.165) is 26.3 Å². The van der Waals surface area contributed by atoms with Gasteiger partial charge in [0.15, 0.2) is 0 Å². The summed E-state index contributed by atoms with van der Waals surface area (Å²) >= 11 is 0. The Labute approximate surface area is 96.8 Å². The molecule has 0 rings (SSSR count). The van der Waals surface area contributed by atoms with Crippen LogP contribution in [-0.4, -0.2) is 26.3 Å². The number of unbranched alkanes of at least 4 members (excludes halogenated alkanes) is 3. The van der Waals surface area contributed by atoms with Gasteiger partial charge < -0.3 is 10.1 Å². The van der Waals surface area contributed by atoms with Crippen molar-refractivity contribution in [3.05, 3.63) is 0 Å². The third kappa shape index (κ3) is 20.1. The minimum absolute atomic E-state index is 0.940. The van der Waals surface area contributed by atoms with E-state index in [2.05, 4.69) is 19.2 Å². The normalized spacial score (nSPS) is 9.60. The van der Waals surface area contributed by atoms with Gasteiger partial charge in [-0.15, -0.1) is 0 Å². The molecule has 0 aliphatic rings. The molecule has 15 heavy (non-hydrogen) atoms. The van der Waals surface area contributed by atoms with E-state index in [4.69, 9.17) is 4.74 Å². The molecule has 2 heteroatoms. The molecule has 0 aliphatic carbocycles. The first-order valence-electron chi connectivity index (χ1n) is 6.70. The summed E-state index contributed by atoms with van der Waals surface area (Å²) in [5.74, 6) is 0. The van der Waals surface area contributed by atoms with Crippen molar-refractivity contribution in [2.24, 2.45) is 0 Å². The van der Waals surface area contributed by atoms with Gasteiger partial charge in [0.05, 0.1) is 0 Å². The van der Waals surface area contributed by atoms with E-state index in [1.165, 1.54) is 32.1 Å². The molecule has 0 spiro atoms. The van der Waals surface area contributed by atoms with Crippen molar-refractivity contribution < 1.29 is 4.74 Å². The lowest BCUT2D eigenvalue weighted by Gasteiger charge is -2.03. The first-order chi connectivity index (χ1) is 7.41. The molecule has 0 atom stereocenters. The summed E-state index contributed by atoms with van der Waals surface area (Å²) in [6, 6.07) is 0. The van der Waals surface area contributed by atoms with Crippen LogP contribution < -0.4 is 5.32 Å². The monoisotopic (exact) mass is 217 g/mol. The van der Waals surface area contributed by atoms with E-state index in [1.807, 2.05) is 13.8 Å². The zero-order chi connectivity index (χ0) is 11.8. The van der Waals surface area contributed by atoms with Crippen molar-refractivity contribution in [2.45, 2.75) is 59.8 Å². The SMILES string of the molecule is CC.CCCCCOCCCCNCC. The van der Waals surface area contributed by atoms with E-state index >= 15 is 0 Å². The van der Waals surface area contributed by atoms with Crippen molar-refractivity contribution in [1.82, 2.24) is 5.32 Å². The fourth-order valence-corrected chi connectivity index (χ4v) is 1.19. The molecule has 94 valence electrons. The number of hydrogen-bond acceptors (Lipinski definition) is 2. The predicted molar refractivity (Wildman–Crippen MR) is 69.5 cm³/mol. The van der Waals surface area contributed by atoms with Gasteiger partial charge in [-0.25, -0.2) is 0 Å². The minimum Gasteiger partial charge on any atom is -0.381 e. The number of ether oxygens (including phenoxy) is 1. The molecule has 2 nitrogen and oxygen atoms in total. The molecule has 0 amide bonds. The highest BCUT2D eigenvalue weighted by Crippen LogP contribution is 1.95. The first-order valence-corrected chi connectivity index (χ1v) is 6.70. The van der Waals surface area contributed by atoms with Crippen molar-refractivity contribution in [3.8, 4) is 0 Å². The van der Waals surface area contributed by atoms with E-state index in [9.17, 15) is 0 Å². The Kier molecular flexibility index (Phi) is 22.5. The topological polar surface area (TPSA) is 21.3 Å². The van der Waals surface area contributed by atoms with E-state index in [1.54, 1.807) is 0 Å². The third-order valence-electron chi connectivity index (χ3n) is 2.03. The summed E-state index contributed by atoms with van der Waals surface area (Å²) in [6.07, 6.45) is 6.24. The summed E-state index contributed by atoms with van der Waals surface area (Å²) in [7, 11) is 0. The molecular weight excluding hydrogens is 186 g/mol. The average molecular weight is 217 g/mol. The predicted octanol–water partition coefficient (Wildman–Crippen LogP) is 3.61. The minimum atomic E-state index is 0.940. The lowest BCUT2D eigenvalue weighted by atomic mass is 10.3. The standard InChI is InChI=1S/C11H25NO.C2H6/c1-3-5-7-10-13-11-8-6-9-12-4-2;1-2/h12H,3-11H2,1-2H3;1-2H3. The van der Waals surface area contributed by atoms with Gasteiger partial charge in [-0.2, -0.15) is 0 Å². The Morgan fingerprint density at radius 1 is 0.867 bits per heavy atom. The Morgan fingerprint density at radius 2 is 1.47 bits per heavy atom. The van der Waals surface area contributed by atoms with Crippen LogP contribution in [0.2, 0.25) is 0 Å². The van der Waals surface area contributed by atoms with Crippen molar-refractivity contribution >= 4 is 0 Å². The Bertz CT molecular complexity index is 76.6. The van der Waals surface area contributed by atoms with Gasteiger partial charge in [-0.05, 0) is 32.4 Å². The average Bonchev–Trinajstić information content (AvgIpc) is 2.30. The first kappa shape index (κ1) is 17.3. The number of rotatable bonds is 10. The Hall–Kier alpha value is -0.0800. The van der Waals surface area contributed by atoms with Crippen LogP contribution in [0, 0.1) is 0 Å². The van der Waals surface area contributed by atoms with Crippen molar-refractivity contribution in [2.75, 3.05) is 26.3 Å². The highest BCUT2D eigenvalue weighted by Gasteiger charge is 1.89. The van der Waals surface area contributed by atoms with Crippen LogP contribution in [0.15, 0.2) is 0 Å². The lowest BCUT2D eigenvalue weighted by Crippen LogP contribution is -2.14. The highest BCUT2D eigenvalue weighted by molar-refractivity contribution is 4.44. The largest absolute Gasteiger partial charge is 0.381 e. The second kappa shape index (κ2) is 19.5. The van der Waals surface area contributed by atoms with Gasteiger partial charge in [0.2, 0.25) is 0 Å². The van der Waals surface area contributed by atoms with Crippen LogP contribution in [-0.2, 0) is 4.74 Å². The summed E-state index contributed by atoms with van der Waals surface area (Å²) in [6.45, 7) is 12.5. The van der Waals surface area contributed by atoms with Gasteiger partial charge in [-0.3, -0.25) is 0 Å². The molecule has 0 saturated heterocycles. The zero-order valence-electron chi connectivity index (χ0n) is 11.3. The fourth-order valence-electron chi connectivity index (χ4n) is 1.19. The van der Waals surface area contributed by atoms with Crippen LogP contribution in [0.4, 0.5) is 0 Å². The molecule has 0 heterocycles. The zero-order valence-corrected chi connectivity index (χ0v) is 11.3. The summed E-state index contributed by atoms with van der Waals surface area (Å²) < 4.78 is 5.49. The van der Waals surface area contributed by atoms with E-state index in [-0.39, 0.29) is 0 Å². The second-order valence-electron chi connectivity index (χ2n) is 3.38. The van der Waals surface area contributed by atoms with Gasteiger partial charge >= 0.3 is 0 Å². The van der Waals surface area contributed by atoms with Crippen molar-refractivity contribution in [1.29, 1.82) is 0 Å². The van der Waals surface area contributed by atoms with Gasteiger partial charge in [0, 0.05) is 13.2 Å². The molecule has 0 saturated carbocycles. The maximum Gasteiger partial charge on any atom is 0.0466 e. The molecule has 0 aliphatic heterocycles. The van der Waals surface area contributed by atoms with Crippen molar-refractivity contribution in [3.63, 3.8) is 0 Å². The fraction of sp³-hybridized carbons (Fsp3) is 1.00. The molecule has 0 fully saturated rings. The van der Waals surface area contributed by atoms with Gasteiger partial charge in [0.1, 0.15) is 0 Å². The summed E-state index contributed by atoms with van der Waals surface area (Å²) in [5.41, 5.74) is 0. The smallest absolute Gasteiger partial charge is 0.0466 e. The molecule has 0 unspecified atom stereocenters. The number of nitrogens with one attached hydrogen (secondary N) is 1. The Balaban J connectivity index is 0. The maximum absolute atomic E-state index is 5.49. The van der Waals surface area contributed by atoms with Crippen LogP contribution in [0.1, 0.15) is 59.8 Å². The Morgan fingerprint density at radius 3 is 2.00 bits per heavy atom. The van der Waals surface area contributed by atoms with E-state index < -0.39 is 0 Å². The summed E-state index contributed by atoms with van der Waals surface area (Å²) in [4.78, 5) is 0. The molecular formula is C13H31NO. The van der Waals surface area contributed by atoms with Crippen LogP contribution in [0.3, 0.4) is 0 Å². The van der Waals surface area contributed by atoms with Crippen LogP contribution in [0.5, 0.6) is 0 Å². The third-order valence-corrected chi connectivity index (χ3v) is 2.03. The lowest BCUT2D eigenvalue weighted by molar-refractivity contribution is 0.126. The quantitative estimate of drug-likeness (QED) is 0.564. The molecule has 0 bridgehead atoms. The molecule has 1 N–H and O–H groups in total. The summed E-state index contributed by atoms with van der Waals surface area (Å²) in [5, 5.41) is 3.30. The van der Waals surface area contributed by atoms with Crippen LogP contribution in [0.25, 0.3) is 0 Å². The van der Waals surface area contributed by atoms with E-state index in [0.29, 0.717) is 0 Å². The maximum atomic E-state index is 5.49. The molecule has 0 aromatic carbocycles. The molecule has 0 radical (unpaired) electrons. The van der Waals surface area contributed by atoms with Gasteiger partial charge in [-0.1, -0.05) is 40.5 Å². The van der Waals surface area contributed by atoms with Crippen LogP contribution >= 0.6 is 0 Å². The molecule has 0 aromatic rings. The highest BCUT2D eigenvalue weighted by atomic mass is 16.5.